The molecule has 0 spiro atoms. The van der Waals surface area contributed by atoms with E-state index in [0.717, 1.165) is 24.9 Å². The number of thiophene rings is 1. The fourth-order valence-electron chi connectivity index (χ4n) is 3.16. The van der Waals surface area contributed by atoms with Crippen LogP contribution in [-0.2, 0) is 13.0 Å². The van der Waals surface area contributed by atoms with E-state index in [1.165, 1.54) is 16.0 Å². The SMILES string of the molecule is CCCc1nc(C(NCc2cc(-c3ccccc3)cs2)c2ccccc2)no1. The molecule has 0 aliphatic rings. The Kier molecular flexibility index (Phi) is 5.95. The van der Waals surface area contributed by atoms with E-state index in [4.69, 9.17) is 4.52 Å². The maximum atomic E-state index is 5.42. The Balaban J connectivity index is 1.52. The van der Waals surface area contributed by atoms with Gasteiger partial charge in [-0.2, -0.15) is 4.98 Å². The molecule has 0 saturated heterocycles. The van der Waals surface area contributed by atoms with Gasteiger partial charge in [0.1, 0.15) is 0 Å². The van der Waals surface area contributed by atoms with Gasteiger partial charge in [-0.1, -0.05) is 72.7 Å². The molecule has 4 rings (SSSR count). The lowest BCUT2D eigenvalue weighted by Crippen LogP contribution is -2.22. The average molecular weight is 390 g/mol. The van der Waals surface area contributed by atoms with E-state index in [9.17, 15) is 0 Å². The predicted molar refractivity (Wildman–Crippen MR) is 113 cm³/mol. The summed E-state index contributed by atoms with van der Waals surface area (Å²) in [7, 11) is 0. The average Bonchev–Trinajstić information content (AvgIpc) is 3.40. The highest BCUT2D eigenvalue weighted by Crippen LogP contribution is 2.27. The van der Waals surface area contributed by atoms with Crippen molar-refractivity contribution in [1.82, 2.24) is 15.5 Å². The van der Waals surface area contributed by atoms with Crippen molar-refractivity contribution in [3.63, 3.8) is 0 Å². The zero-order valence-corrected chi connectivity index (χ0v) is 16.7. The van der Waals surface area contributed by atoms with Crippen LogP contribution in [0, 0.1) is 0 Å². The lowest BCUT2D eigenvalue weighted by Gasteiger charge is -2.15. The van der Waals surface area contributed by atoms with Crippen LogP contribution in [0.15, 0.2) is 76.6 Å². The van der Waals surface area contributed by atoms with Crippen molar-refractivity contribution in [1.29, 1.82) is 0 Å². The number of hydrogen-bond donors (Lipinski definition) is 1. The topological polar surface area (TPSA) is 51.0 Å². The number of rotatable bonds is 8. The van der Waals surface area contributed by atoms with Crippen molar-refractivity contribution >= 4 is 11.3 Å². The molecule has 2 aromatic heterocycles. The molecule has 0 amide bonds. The molecule has 28 heavy (non-hydrogen) atoms. The summed E-state index contributed by atoms with van der Waals surface area (Å²) < 4.78 is 5.42. The molecular weight excluding hydrogens is 366 g/mol. The van der Waals surface area contributed by atoms with Crippen LogP contribution in [0.2, 0.25) is 0 Å². The number of nitrogens with one attached hydrogen (secondary N) is 1. The molecule has 0 saturated carbocycles. The van der Waals surface area contributed by atoms with Gasteiger partial charge in [0.15, 0.2) is 5.82 Å². The van der Waals surface area contributed by atoms with Crippen LogP contribution in [0.3, 0.4) is 0 Å². The van der Waals surface area contributed by atoms with E-state index in [-0.39, 0.29) is 6.04 Å². The van der Waals surface area contributed by atoms with Gasteiger partial charge in [-0.15, -0.1) is 11.3 Å². The van der Waals surface area contributed by atoms with Crippen LogP contribution in [0.1, 0.15) is 41.5 Å². The third-order valence-corrected chi connectivity index (χ3v) is 5.52. The van der Waals surface area contributed by atoms with Crippen LogP contribution in [0.25, 0.3) is 11.1 Å². The summed E-state index contributed by atoms with van der Waals surface area (Å²) in [5, 5.41) is 10.1. The number of benzene rings is 2. The van der Waals surface area contributed by atoms with Crippen LogP contribution in [-0.4, -0.2) is 10.1 Å². The quantitative estimate of drug-likeness (QED) is 0.424. The minimum absolute atomic E-state index is 0.0992. The third kappa shape index (κ3) is 4.38. The van der Waals surface area contributed by atoms with Crippen LogP contribution >= 0.6 is 11.3 Å². The maximum absolute atomic E-state index is 5.42. The normalized spacial score (nSPS) is 12.2. The molecule has 0 aliphatic carbocycles. The Morgan fingerprint density at radius 2 is 1.75 bits per heavy atom. The Morgan fingerprint density at radius 1 is 1.00 bits per heavy atom. The first-order valence-corrected chi connectivity index (χ1v) is 10.4. The number of aryl methyl sites for hydroxylation is 1. The summed E-state index contributed by atoms with van der Waals surface area (Å²) in [4.78, 5) is 5.88. The number of hydrogen-bond acceptors (Lipinski definition) is 5. The lowest BCUT2D eigenvalue weighted by atomic mass is 10.1. The molecule has 0 bridgehead atoms. The molecule has 0 aliphatic heterocycles. The first-order valence-electron chi connectivity index (χ1n) is 9.57. The Hall–Kier alpha value is -2.76. The molecule has 1 N–H and O–H groups in total. The van der Waals surface area contributed by atoms with Gasteiger partial charge in [0.25, 0.3) is 0 Å². The van der Waals surface area contributed by atoms with Crippen LogP contribution in [0.4, 0.5) is 0 Å². The zero-order chi connectivity index (χ0) is 19.2. The number of nitrogens with zero attached hydrogens (tertiary/aromatic N) is 2. The van der Waals surface area contributed by atoms with Crippen molar-refractivity contribution in [2.75, 3.05) is 0 Å². The second kappa shape index (κ2) is 8.95. The Labute approximate surface area is 169 Å². The van der Waals surface area contributed by atoms with Gasteiger partial charge in [-0.3, -0.25) is 5.32 Å². The summed E-state index contributed by atoms with van der Waals surface area (Å²) in [6, 6.07) is 22.9. The Bertz CT molecular complexity index is 995. The molecule has 1 unspecified atom stereocenters. The highest BCUT2D eigenvalue weighted by molar-refractivity contribution is 7.10. The first kappa shape index (κ1) is 18.6. The first-order chi connectivity index (χ1) is 13.8. The van der Waals surface area contributed by atoms with E-state index in [2.05, 4.69) is 70.2 Å². The molecule has 4 aromatic rings. The molecule has 142 valence electrons. The highest BCUT2D eigenvalue weighted by Gasteiger charge is 2.20. The van der Waals surface area contributed by atoms with Gasteiger partial charge in [0.2, 0.25) is 5.89 Å². The fourth-order valence-corrected chi connectivity index (χ4v) is 4.01. The van der Waals surface area contributed by atoms with Crippen molar-refractivity contribution in [3.05, 3.63) is 94.3 Å². The summed E-state index contributed by atoms with van der Waals surface area (Å²) >= 11 is 1.76. The van der Waals surface area contributed by atoms with Crippen molar-refractivity contribution in [2.45, 2.75) is 32.4 Å². The molecule has 2 heterocycles. The van der Waals surface area contributed by atoms with E-state index in [1.54, 1.807) is 11.3 Å². The molecular formula is C23H23N3OS. The molecule has 0 radical (unpaired) electrons. The summed E-state index contributed by atoms with van der Waals surface area (Å²) in [5.41, 5.74) is 3.63. The van der Waals surface area contributed by atoms with E-state index in [0.29, 0.717) is 11.7 Å². The smallest absolute Gasteiger partial charge is 0.226 e. The second-order valence-electron chi connectivity index (χ2n) is 6.69. The van der Waals surface area contributed by atoms with Crippen LogP contribution in [0.5, 0.6) is 0 Å². The van der Waals surface area contributed by atoms with Crippen molar-refractivity contribution in [2.24, 2.45) is 0 Å². The van der Waals surface area contributed by atoms with Gasteiger partial charge in [-0.05, 0) is 34.6 Å². The zero-order valence-electron chi connectivity index (χ0n) is 15.8. The molecule has 5 heteroatoms. The predicted octanol–water partition coefficient (Wildman–Crippen LogP) is 5.63. The fraction of sp³-hybridized carbons (Fsp3) is 0.217. The van der Waals surface area contributed by atoms with Gasteiger partial charge in [0, 0.05) is 17.8 Å². The minimum atomic E-state index is -0.0992. The molecule has 2 aromatic carbocycles. The van der Waals surface area contributed by atoms with E-state index >= 15 is 0 Å². The van der Waals surface area contributed by atoms with Crippen molar-refractivity contribution in [3.8, 4) is 11.1 Å². The third-order valence-electron chi connectivity index (χ3n) is 4.58. The second-order valence-corrected chi connectivity index (χ2v) is 7.68. The monoisotopic (exact) mass is 389 g/mol. The van der Waals surface area contributed by atoms with E-state index < -0.39 is 0 Å². The lowest BCUT2D eigenvalue weighted by molar-refractivity contribution is 0.367. The van der Waals surface area contributed by atoms with Gasteiger partial charge < -0.3 is 4.52 Å². The standard InChI is InChI=1S/C23H23N3OS/c1-2-9-21-25-23(26-27-21)22(18-12-7-4-8-13-18)24-15-20-14-19(16-28-20)17-10-5-3-6-11-17/h3-8,10-14,16,22,24H,2,9,15H2,1H3. The summed E-state index contributed by atoms with van der Waals surface area (Å²) in [6.07, 6.45) is 1.79. The van der Waals surface area contributed by atoms with Gasteiger partial charge in [-0.25, -0.2) is 0 Å². The van der Waals surface area contributed by atoms with Crippen LogP contribution < -0.4 is 5.32 Å². The number of aromatic nitrogens is 2. The minimum Gasteiger partial charge on any atom is -0.339 e. The summed E-state index contributed by atoms with van der Waals surface area (Å²) in [5.74, 6) is 1.39. The van der Waals surface area contributed by atoms with Gasteiger partial charge in [0.05, 0.1) is 6.04 Å². The maximum Gasteiger partial charge on any atom is 0.226 e. The molecule has 1 atom stereocenters. The van der Waals surface area contributed by atoms with Gasteiger partial charge >= 0.3 is 0 Å². The molecule has 0 fully saturated rings. The van der Waals surface area contributed by atoms with Crippen molar-refractivity contribution < 1.29 is 4.52 Å². The summed E-state index contributed by atoms with van der Waals surface area (Å²) in [6.45, 7) is 2.85. The Morgan fingerprint density at radius 3 is 2.50 bits per heavy atom. The highest BCUT2D eigenvalue weighted by atomic mass is 32.1. The van der Waals surface area contributed by atoms with E-state index in [1.807, 2.05) is 24.3 Å². The molecule has 4 nitrogen and oxygen atoms in total. The largest absolute Gasteiger partial charge is 0.339 e.